The van der Waals surface area contributed by atoms with Gasteiger partial charge in [0, 0.05) is 5.69 Å². The Kier molecular flexibility index (Phi) is 4.78. The Morgan fingerprint density at radius 2 is 2.12 bits per heavy atom. The number of nitrogens with one attached hydrogen (secondary N) is 1. The van der Waals surface area contributed by atoms with E-state index in [1.54, 1.807) is 6.07 Å². The summed E-state index contributed by atoms with van der Waals surface area (Å²) in [5, 5.41) is 21.5. The van der Waals surface area contributed by atoms with Crippen molar-refractivity contribution in [3.8, 4) is 5.75 Å². The van der Waals surface area contributed by atoms with Crippen LogP contribution in [0.2, 0.25) is 5.02 Å². The second kappa shape index (κ2) is 5.89. The molecule has 3 N–H and O–H groups in total. The second-order valence-corrected chi connectivity index (χ2v) is 4.64. The number of hydrogen-bond acceptors (Lipinski definition) is 3. The van der Waals surface area contributed by atoms with E-state index in [0.717, 1.165) is 0 Å². The first-order valence-corrected chi connectivity index (χ1v) is 5.74. The number of amides is 1. The minimum Gasteiger partial charge on any atom is -0.506 e. The highest BCUT2D eigenvalue weighted by Crippen LogP contribution is 2.26. The summed E-state index contributed by atoms with van der Waals surface area (Å²) in [6.45, 7) is 3.69. The zero-order chi connectivity index (χ0) is 13.0. The van der Waals surface area contributed by atoms with Gasteiger partial charge in [-0.2, -0.15) is 0 Å². The van der Waals surface area contributed by atoms with Gasteiger partial charge in [0.1, 0.15) is 5.75 Å². The van der Waals surface area contributed by atoms with Crippen LogP contribution < -0.4 is 5.32 Å². The molecule has 1 amide bonds. The Morgan fingerprint density at radius 1 is 1.47 bits per heavy atom. The van der Waals surface area contributed by atoms with Crippen LogP contribution in [0.1, 0.15) is 20.3 Å². The number of phenols is 1. The molecule has 1 atom stereocenters. The number of rotatable bonds is 4. The average molecular weight is 258 g/mol. The molecule has 1 rings (SSSR count). The fourth-order valence-corrected chi connectivity index (χ4v) is 1.40. The monoisotopic (exact) mass is 257 g/mol. The fraction of sp³-hybridized carbons (Fsp3) is 0.417. The highest BCUT2D eigenvalue weighted by molar-refractivity contribution is 6.32. The summed E-state index contributed by atoms with van der Waals surface area (Å²) in [5.41, 5.74) is 0.494. The maximum Gasteiger partial charge on any atom is 0.226 e. The third-order valence-electron chi connectivity index (χ3n) is 2.40. The molecule has 0 unspecified atom stereocenters. The number of aromatic hydroxyl groups is 1. The summed E-state index contributed by atoms with van der Waals surface area (Å²) in [7, 11) is 0. The molecule has 1 aromatic rings. The quantitative estimate of drug-likeness (QED) is 0.726. The molecule has 0 aliphatic heterocycles. The van der Waals surface area contributed by atoms with Crippen LogP contribution in [-0.4, -0.2) is 22.2 Å². The summed E-state index contributed by atoms with van der Waals surface area (Å²) in [5.74, 6) is -0.288. The van der Waals surface area contributed by atoms with Gasteiger partial charge in [0.15, 0.2) is 0 Å². The van der Waals surface area contributed by atoms with Gasteiger partial charge in [-0.3, -0.25) is 4.79 Å². The normalized spacial score (nSPS) is 12.5. The zero-order valence-corrected chi connectivity index (χ0v) is 10.5. The largest absolute Gasteiger partial charge is 0.506 e. The molecule has 94 valence electrons. The predicted molar refractivity (Wildman–Crippen MR) is 67.2 cm³/mol. The molecule has 0 spiro atoms. The number of carbonyl (C=O) groups is 1. The highest BCUT2D eigenvalue weighted by Gasteiger charge is 2.14. The van der Waals surface area contributed by atoms with Gasteiger partial charge in [0.25, 0.3) is 0 Å². The van der Waals surface area contributed by atoms with E-state index >= 15 is 0 Å². The van der Waals surface area contributed by atoms with Crippen LogP contribution in [0.15, 0.2) is 18.2 Å². The lowest BCUT2D eigenvalue weighted by atomic mass is 10.0. The van der Waals surface area contributed by atoms with Crippen molar-refractivity contribution < 1.29 is 15.0 Å². The first-order chi connectivity index (χ1) is 7.90. The van der Waals surface area contributed by atoms with Crippen molar-refractivity contribution in [3.63, 3.8) is 0 Å². The Bertz CT molecular complexity index is 407. The SMILES string of the molecule is CC(C)[C@@H](O)CC(=O)Nc1ccc(O)c(Cl)c1. The maximum absolute atomic E-state index is 11.5. The van der Waals surface area contributed by atoms with E-state index in [1.165, 1.54) is 12.1 Å². The predicted octanol–water partition coefficient (Wildman–Crippen LogP) is 2.39. The summed E-state index contributed by atoms with van der Waals surface area (Å²) >= 11 is 5.70. The zero-order valence-electron chi connectivity index (χ0n) is 9.77. The van der Waals surface area contributed by atoms with Crippen molar-refractivity contribution in [1.82, 2.24) is 0 Å². The number of aliphatic hydroxyl groups excluding tert-OH is 1. The summed E-state index contributed by atoms with van der Waals surface area (Å²) < 4.78 is 0. The molecule has 0 fully saturated rings. The van der Waals surface area contributed by atoms with Crippen LogP contribution in [0.4, 0.5) is 5.69 Å². The van der Waals surface area contributed by atoms with Gasteiger partial charge in [0.05, 0.1) is 17.5 Å². The number of aliphatic hydroxyl groups is 1. The number of halogens is 1. The topological polar surface area (TPSA) is 69.6 Å². The summed E-state index contributed by atoms with van der Waals surface area (Å²) in [6.07, 6.45) is -0.626. The Morgan fingerprint density at radius 3 is 2.65 bits per heavy atom. The van der Waals surface area contributed by atoms with Gasteiger partial charge >= 0.3 is 0 Å². The van der Waals surface area contributed by atoms with Gasteiger partial charge < -0.3 is 15.5 Å². The van der Waals surface area contributed by atoms with Crippen LogP contribution in [0.5, 0.6) is 5.75 Å². The molecule has 0 bridgehead atoms. The molecule has 4 nitrogen and oxygen atoms in total. The van der Waals surface area contributed by atoms with Gasteiger partial charge in [-0.1, -0.05) is 25.4 Å². The molecule has 0 aromatic heterocycles. The lowest BCUT2D eigenvalue weighted by Gasteiger charge is -2.14. The van der Waals surface area contributed by atoms with Crippen molar-refractivity contribution in [2.24, 2.45) is 5.92 Å². The highest BCUT2D eigenvalue weighted by atomic mass is 35.5. The fourth-order valence-electron chi connectivity index (χ4n) is 1.22. The van der Waals surface area contributed by atoms with Gasteiger partial charge in [-0.15, -0.1) is 0 Å². The van der Waals surface area contributed by atoms with Crippen LogP contribution in [0.3, 0.4) is 0 Å². The lowest BCUT2D eigenvalue weighted by Crippen LogP contribution is -2.23. The van der Waals surface area contributed by atoms with Crippen molar-refractivity contribution in [1.29, 1.82) is 0 Å². The Balaban J connectivity index is 2.59. The molecule has 0 heterocycles. The standard InChI is InChI=1S/C12H16ClNO3/c1-7(2)11(16)6-12(17)14-8-3-4-10(15)9(13)5-8/h3-5,7,11,15-16H,6H2,1-2H3,(H,14,17)/t11-/m0/s1. The van der Waals surface area contributed by atoms with E-state index in [9.17, 15) is 15.0 Å². The smallest absolute Gasteiger partial charge is 0.226 e. The minimum atomic E-state index is -0.664. The molecule has 0 aliphatic carbocycles. The second-order valence-electron chi connectivity index (χ2n) is 4.23. The van der Waals surface area contributed by atoms with E-state index in [4.69, 9.17) is 11.6 Å². The molecular weight excluding hydrogens is 242 g/mol. The number of phenolic OH excluding ortho intramolecular Hbond substituents is 1. The Hall–Kier alpha value is -1.26. The molecule has 1 aromatic carbocycles. The van der Waals surface area contributed by atoms with E-state index in [2.05, 4.69) is 5.32 Å². The summed E-state index contributed by atoms with van der Waals surface area (Å²) in [6, 6.07) is 4.40. The summed E-state index contributed by atoms with van der Waals surface area (Å²) in [4.78, 5) is 11.5. The maximum atomic E-state index is 11.5. The number of benzene rings is 1. The van der Waals surface area contributed by atoms with Crippen LogP contribution in [0, 0.1) is 5.92 Å². The van der Waals surface area contributed by atoms with E-state index in [1.807, 2.05) is 13.8 Å². The Labute approximate surface area is 105 Å². The van der Waals surface area contributed by atoms with Crippen molar-refractivity contribution in [3.05, 3.63) is 23.2 Å². The van der Waals surface area contributed by atoms with Gasteiger partial charge in [-0.05, 0) is 24.1 Å². The first kappa shape index (κ1) is 13.8. The molecule has 0 saturated carbocycles. The lowest BCUT2D eigenvalue weighted by molar-refractivity contribution is -0.118. The van der Waals surface area contributed by atoms with E-state index in [0.29, 0.717) is 5.69 Å². The van der Waals surface area contributed by atoms with E-state index in [-0.39, 0.29) is 29.0 Å². The van der Waals surface area contributed by atoms with Crippen LogP contribution in [0.25, 0.3) is 0 Å². The van der Waals surface area contributed by atoms with Crippen molar-refractivity contribution in [2.75, 3.05) is 5.32 Å². The average Bonchev–Trinajstić information content (AvgIpc) is 2.23. The molecule has 0 radical (unpaired) electrons. The third-order valence-corrected chi connectivity index (χ3v) is 2.70. The van der Waals surface area contributed by atoms with Crippen LogP contribution >= 0.6 is 11.6 Å². The minimum absolute atomic E-state index is 0.0316. The number of hydrogen-bond donors (Lipinski definition) is 3. The molecule has 17 heavy (non-hydrogen) atoms. The van der Waals surface area contributed by atoms with Crippen LogP contribution in [-0.2, 0) is 4.79 Å². The van der Waals surface area contributed by atoms with Crippen molar-refractivity contribution >= 4 is 23.2 Å². The van der Waals surface area contributed by atoms with E-state index < -0.39 is 6.10 Å². The van der Waals surface area contributed by atoms with Crippen molar-refractivity contribution in [2.45, 2.75) is 26.4 Å². The molecule has 0 aliphatic rings. The molecular formula is C12H16ClNO3. The van der Waals surface area contributed by atoms with Gasteiger partial charge in [-0.25, -0.2) is 0 Å². The first-order valence-electron chi connectivity index (χ1n) is 5.36. The number of carbonyl (C=O) groups excluding carboxylic acids is 1. The molecule has 5 heteroatoms. The third kappa shape index (κ3) is 4.24. The van der Waals surface area contributed by atoms with Gasteiger partial charge in [0.2, 0.25) is 5.91 Å². The number of anilines is 1. The molecule has 0 saturated heterocycles.